The highest BCUT2D eigenvalue weighted by Crippen LogP contribution is 2.24. The number of rotatable bonds is 3. The van der Waals surface area contributed by atoms with Gasteiger partial charge in [0.25, 0.3) is 5.91 Å². The predicted molar refractivity (Wildman–Crippen MR) is 100 cm³/mol. The molecule has 0 bridgehead atoms. The summed E-state index contributed by atoms with van der Waals surface area (Å²) in [6.45, 7) is 3.00. The first kappa shape index (κ1) is 16.7. The van der Waals surface area contributed by atoms with Crippen molar-refractivity contribution in [1.82, 2.24) is 15.1 Å². The van der Waals surface area contributed by atoms with Crippen LogP contribution in [-0.4, -0.2) is 47.2 Å². The minimum absolute atomic E-state index is 0.0180. The number of amides is 1. The van der Waals surface area contributed by atoms with Crippen molar-refractivity contribution in [3.63, 3.8) is 0 Å². The van der Waals surface area contributed by atoms with Crippen molar-refractivity contribution >= 4 is 23.3 Å². The molecule has 0 spiro atoms. The summed E-state index contributed by atoms with van der Waals surface area (Å²) in [6, 6.07) is 11.4. The van der Waals surface area contributed by atoms with Crippen molar-refractivity contribution in [1.29, 1.82) is 0 Å². The molecule has 1 fully saturated rings. The molecule has 2 aromatic heterocycles. The van der Waals surface area contributed by atoms with Crippen LogP contribution in [0.2, 0.25) is 5.02 Å². The molecular formula is C19H19ClN4O2. The Morgan fingerprint density at radius 1 is 1.12 bits per heavy atom. The van der Waals surface area contributed by atoms with Gasteiger partial charge < -0.3 is 14.2 Å². The van der Waals surface area contributed by atoms with Gasteiger partial charge in [-0.2, -0.15) is 5.10 Å². The van der Waals surface area contributed by atoms with Crippen LogP contribution < -0.4 is 4.90 Å². The second-order valence-electron chi connectivity index (χ2n) is 6.29. The average Bonchev–Trinajstić information content (AvgIpc) is 3.30. The number of carbonyl (C=O) groups excluding carboxylic acids is 1. The third-order valence-corrected chi connectivity index (χ3v) is 4.85. The van der Waals surface area contributed by atoms with Crippen molar-refractivity contribution in [2.24, 2.45) is 0 Å². The molecule has 0 atom stereocenters. The molecule has 3 aromatic rings. The third kappa shape index (κ3) is 3.46. The fourth-order valence-electron chi connectivity index (χ4n) is 3.17. The quantitative estimate of drug-likeness (QED) is 0.763. The van der Waals surface area contributed by atoms with Crippen molar-refractivity contribution < 1.29 is 9.21 Å². The van der Waals surface area contributed by atoms with Crippen LogP contribution in [0.3, 0.4) is 0 Å². The smallest absolute Gasteiger partial charge is 0.257 e. The Hall–Kier alpha value is -2.73. The van der Waals surface area contributed by atoms with Crippen LogP contribution in [0.25, 0.3) is 11.3 Å². The lowest BCUT2D eigenvalue weighted by molar-refractivity contribution is 0.0766. The molecule has 6 nitrogen and oxygen atoms in total. The maximum absolute atomic E-state index is 12.5. The van der Waals surface area contributed by atoms with Crippen molar-refractivity contribution in [2.75, 3.05) is 31.1 Å². The SMILES string of the molecule is O=C(c1ccoc1)N1CCCN(c2cc(-c3ccc(Cl)cc3)[nH]n2)CC1. The zero-order valence-electron chi connectivity index (χ0n) is 14.2. The maximum atomic E-state index is 12.5. The second kappa shape index (κ2) is 7.25. The van der Waals surface area contributed by atoms with E-state index in [4.69, 9.17) is 16.0 Å². The van der Waals surface area contributed by atoms with Crippen LogP contribution in [0, 0.1) is 0 Å². The number of benzene rings is 1. The summed E-state index contributed by atoms with van der Waals surface area (Å²) in [5.41, 5.74) is 2.59. The van der Waals surface area contributed by atoms with E-state index in [1.165, 1.54) is 12.5 Å². The van der Waals surface area contributed by atoms with Gasteiger partial charge in [0, 0.05) is 37.3 Å². The van der Waals surface area contributed by atoms with E-state index in [0.717, 1.165) is 43.1 Å². The summed E-state index contributed by atoms with van der Waals surface area (Å²) in [5, 5.41) is 8.25. The first-order chi connectivity index (χ1) is 12.7. The van der Waals surface area contributed by atoms with Crippen LogP contribution in [0.5, 0.6) is 0 Å². The standard InChI is InChI=1S/C19H19ClN4O2/c20-16-4-2-14(3-5-16)17-12-18(22-21-17)23-7-1-8-24(10-9-23)19(25)15-6-11-26-13-15/h2-6,11-13H,1,7-10H2,(H,21,22). The Kier molecular flexibility index (Phi) is 4.67. The van der Waals surface area contributed by atoms with Crippen molar-refractivity contribution in [3.8, 4) is 11.3 Å². The number of carbonyl (C=O) groups is 1. The molecule has 1 amide bonds. The number of aromatic amines is 1. The van der Waals surface area contributed by atoms with E-state index in [2.05, 4.69) is 15.1 Å². The molecule has 0 saturated carbocycles. The molecule has 7 heteroatoms. The molecule has 3 heterocycles. The molecule has 4 rings (SSSR count). The number of anilines is 1. The highest BCUT2D eigenvalue weighted by atomic mass is 35.5. The van der Waals surface area contributed by atoms with E-state index < -0.39 is 0 Å². The lowest BCUT2D eigenvalue weighted by atomic mass is 10.1. The molecule has 0 radical (unpaired) electrons. The second-order valence-corrected chi connectivity index (χ2v) is 6.73. The van der Waals surface area contributed by atoms with Gasteiger partial charge in [-0.15, -0.1) is 0 Å². The topological polar surface area (TPSA) is 65.4 Å². The molecule has 1 aliphatic rings. The van der Waals surface area contributed by atoms with Crippen LogP contribution >= 0.6 is 11.6 Å². The lowest BCUT2D eigenvalue weighted by Crippen LogP contribution is -2.35. The normalized spacial score (nSPS) is 15.1. The van der Waals surface area contributed by atoms with E-state index in [1.54, 1.807) is 6.07 Å². The van der Waals surface area contributed by atoms with Crippen LogP contribution in [0.4, 0.5) is 5.82 Å². The highest BCUT2D eigenvalue weighted by Gasteiger charge is 2.22. The van der Waals surface area contributed by atoms with Crippen LogP contribution in [0.15, 0.2) is 53.3 Å². The van der Waals surface area contributed by atoms with Gasteiger partial charge in [0.2, 0.25) is 0 Å². The highest BCUT2D eigenvalue weighted by molar-refractivity contribution is 6.30. The van der Waals surface area contributed by atoms with Crippen molar-refractivity contribution in [2.45, 2.75) is 6.42 Å². The molecule has 0 aliphatic carbocycles. The van der Waals surface area contributed by atoms with E-state index >= 15 is 0 Å². The van der Waals surface area contributed by atoms with Gasteiger partial charge in [-0.25, -0.2) is 0 Å². The molecule has 134 valence electrons. The molecular weight excluding hydrogens is 352 g/mol. The molecule has 1 N–H and O–H groups in total. The van der Waals surface area contributed by atoms with Gasteiger partial charge >= 0.3 is 0 Å². The minimum Gasteiger partial charge on any atom is -0.472 e. The minimum atomic E-state index is 0.0180. The number of H-pyrrole nitrogens is 1. The Balaban J connectivity index is 1.44. The van der Waals surface area contributed by atoms with Gasteiger partial charge in [-0.05, 0) is 30.2 Å². The Morgan fingerprint density at radius 2 is 1.96 bits per heavy atom. The summed E-state index contributed by atoms with van der Waals surface area (Å²) in [5.74, 6) is 0.914. The number of halogens is 1. The van der Waals surface area contributed by atoms with Gasteiger partial charge in [-0.3, -0.25) is 9.89 Å². The molecule has 1 aliphatic heterocycles. The third-order valence-electron chi connectivity index (χ3n) is 4.59. The lowest BCUT2D eigenvalue weighted by Gasteiger charge is -2.21. The maximum Gasteiger partial charge on any atom is 0.257 e. The van der Waals surface area contributed by atoms with Gasteiger partial charge in [-0.1, -0.05) is 23.7 Å². The first-order valence-electron chi connectivity index (χ1n) is 8.58. The zero-order valence-corrected chi connectivity index (χ0v) is 14.9. The number of hydrogen-bond donors (Lipinski definition) is 1. The Bertz CT molecular complexity index is 873. The first-order valence-corrected chi connectivity index (χ1v) is 8.96. The van der Waals surface area contributed by atoms with Crippen LogP contribution in [-0.2, 0) is 0 Å². The summed E-state index contributed by atoms with van der Waals surface area (Å²) in [6.07, 6.45) is 3.92. The molecule has 0 unspecified atom stereocenters. The van der Waals surface area contributed by atoms with Gasteiger partial charge in [0.05, 0.1) is 17.5 Å². The predicted octanol–water partition coefficient (Wildman–Crippen LogP) is 3.68. The molecule has 26 heavy (non-hydrogen) atoms. The number of nitrogens with one attached hydrogen (secondary N) is 1. The number of furan rings is 1. The Labute approximate surface area is 156 Å². The summed E-state index contributed by atoms with van der Waals surface area (Å²) in [7, 11) is 0. The number of hydrogen-bond acceptors (Lipinski definition) is 4. The van der Waals surface area contributed by atoms with E-state index in [0.29, 0.717) is 17.1 Å². The van der Waals surface area contributed by atoms with Gasteiger partial charge in [0.15, 0.2) is 5.82 Å². The summed E-state index contributed by atoms with van der Waals surface area (Å²) >= 11 is 5.95. The van der Waals surface area contributed by atoms with E-state index in [1.807, 2.05) is 35.2 Å². The molecule has 1 saturated heterocycles. The summed E-state index contributed by atoms with van der Waals surface area (Å²) in [4.78, 5) is 16.6. The fraction of sp³-hybridized carbons (Fsp3) is 0.263. The number of nitrogens with zero attached hydrogens (tertiary/aromatic N) is 3. The molecule has 1 aromatic carbocycles. The van der Waals surface area contributed by atoms with Gasteiger partial charge in [0.1, 0.15) is 6.26 Å². The van der Waals surface area contributed by atoms with E-state index in [-0.39, 0.29) is 5.91 Å². The monoisotopic (exact) mass is 370 g/mol. The summed E-state index contributed by atoms with van der Waals surface area (Å²) < 4.78 is 5.02. The van der Waals surface area contributed by atoms with Crippen LogP contribution in [0.1, 0.15) is 16.8 Å². The zero-order chi connectivity index (χ0) is 17.9. The fourth-order valence-corrected chi connectivity index (χ4v) is 3.29. The van der Waals surface area contributed by atoms with E-state index in [9.17, 15) is 4.79 Å². The largest absolute Gasteiger partial charge is 0.472 e. The van der Waals surface area contributed by atoms with Crippen molar-refractivity contribution in [3.05, 3.63) is 59.5 Å². The Morgan fingerprint density at radius 3 is 2.73 bits per heavy atom. The average molecular weight is 371 g/mol. The number of aromatic nitrogens is 2.